The molecule has 2 fully saturated rings. The largest absolute Gasteiger partial charge is 0.465 e. The number of amides is 1. The molecule has 2 aliphatic rings. The molecule has 1 unspecified atom stereocenters. The summed E-state index contributed by atoms with van der Waals surface area (Å²) >= 11 is 0. The lowest BCUT2D eigenvalue weighted by Gasteiger charge is -2.24. The number of esters is 2. The van der Waals surface area contributed by atoms with Crippen LogP contribution < -0.4 is 0 Å². The van der Waals surface area contributed by atoms with Crippen LogP contribution in [0, 0.1) is 11.8 Å². The van der Waals surface area contributed by atoms with Crippen molar-refractivity contribution in [1.29, 1.82) is 0 Å². The fourth-order valence-corrected chi connectivity index (χ4v) is 3.91. The monoisotopic (exact) mass is 389 g/mol. The molecule has 0 spiro atoms. The lowest BCUT2D eigenvalue weighted by molar-refractivity contribution is -0.158. The van der Waals surface area contributed by atoms with Gasteiger partial charge in [-0.05, 0) is 27.7 Å². The third-order valence-corrected chi connectivity index (χ3v) is 4.93. The van der Waals surface area contributed by atoms with Crippen LogP contribution in [0.25, 0.3) is 0 Å². The first-order chi connectivity index (χ1) is 13.2. The van der Waals surface area contributed by atoms with Gasteiger partial charge < -0.3 is 19.1 Å². The Balaban J connectivity index is 1.87. The van der Waals surface area contributed by atoms with Gasteiger partial charge in [0.2, 0.25) is 5.91 Å². The van der Waals surface area contributed by atoms with Crippen molar-refractivity contribution in [2.45, 2.75) is 52.0 Å². The van der Waals surface area contributed by atoms with Gasteiger partial charge in [0.05, 0.1) is 25.7 Å². The number of carbonyl (C=O) groups is 3. The Morgan fingerprint density at radius 2 is 1.89 bits per heavy atom. The van der Waals surface area contributed by atoms with Crippen molar-refractivity contribution in [3.05, 3.63) is 35.9 Å². The topological polar surface area (TPSA) is 82.1 Å². The van der Waals surface area contributed by atoms with Crippen LogP contribution in [0.4, 0.5) is 0 Å². The Morgan fingerprint density at radius 3 is 2.50 bits per heavy atom. The van der Waals surface area contributed by atoms with Crippen molar-refractivity contribution in [1.82, 2.24) is 4.90 Å². The molecule has 0 radical (unpaired) electrons. The van der Waals surface area contributed by atoms with E-state index in [2.05, 4.69) is 0 Å². The zero-order chi connectivity index (χ0) is 20.5. The van der Waals surface area contributed by atoms with E-state index >= 15 is 0 Å². The van der Waals surface area contributed by atoms with E-state index in [1.54, 1.807) is 32.6 Å². The minimum absolute atomic E-state index is 0.0431. The van der Waals surface area contributed by atoms with Crippen LogP contribution in [-0.2, 0) is 28.6 Å². The Labute approximate surface area is 164 Å². The zero-order valence-electron chi connectivity index (χ0n) is 16.7. The van der Waals surface area contributed by atoms with Crippen molar-refractivity contribution < 1.29 is 28.6 Å². The molecular weight excluding hydrogens is 362 g/mol. The van der Waals surface area contributed by atoms with Crippen LogP contribution >= 0.6 is 0 Å². The molecule has 2 heterocycles. The summed E-state index contributed by atoms with van der Waals surface area (Å²) in [4.78, 5) is 39.7. The van der Waals surface area contributed by atoms with Gasteiger partial charge in [0.25, 0.3) is 0 Å². The Bertz CT molecular complexity index is 741. The summed E-state index contributed by atoms with van der Waals surface area (Å²) in [7, 11) is 0. The number of benzene rings is 1. The Kier molecular flexibility index (Phi) is 5.74. The van der Waals surface area contributed by atoms with E-state index in [1.807, 2.05) is 30.3 Å². The molecule has 1 aromatic rings. The molecule has 1 aromatic carbocycles. The van der Waals surface area contributed by atoms with Crippen molar-refractivity contribution >= 4 is 17.8 Å². The summed E-state index contributed by atoms with van der Waals surface area (Å²) in [5, 5.41) is 0. The van der Waals surface area contributed by atoms with Gasteiger partial charge in [0.15, 0.2) is 6.23 Å². The van der Waals surface area contributed by atoms with Gasteiger partial charge in [0, 0.05) is 11.5 Å². The average molecular weight is 389 g/mol. The van der Waals surface area contributed by atoms with Crippen molar-refractivity contribution in [3.63, 3.8) is 0 Å². The third-order valence-electron chi connectivity index (χ3n) is 4.93. The van der Waals surface area contributed by atoms with Gasteiger partial charge in [-0.25, -0.2) is 0 Å². The van der Waals surface area contributed by atoms with Gasteiger partial charge in [-0.1, -0.05) is 30.3 Å². The number of ether oxygens (including phenoxy) is 3. The lowest BCUT2D eigenvalue weighted by Crippen LogP contribution is -2.34. The number of hydrogen-bond acceptors (Lipinski definition) is 6. The minimum atomic E-state index is -1.02. The van der Waals surface area contributed by atoms with Crippen LogP contribution in [-0.4, -0.2) is 47.6 Å². The van der Waals surface area contributed by atoms with E-state index in [-0.39, 0.29) is 31.6 Å². The molecule has 0 aromatic heterocycles. The van der Waals surface area contributed by atoms with Gasteiger partial charge in [-0.15, -0.1) is 0 Å². The summed E-state index contributed by atoms with van der Waals surface area (Å²) in [6, 6.07) is 9.00. The molecule has 7 heteroatoms. The molecule has 0 bridgehead atoms. The smallest absolute Gasteiger partial charge is 0.318 e. The second-order valence-electron chi connectivity index (χ2n) is 8.09. The molecule has 0 N–H and O–H groups in total. The van der Waals surface area contributed by atoms with E-state index in [9.17, 15) is 14.4 Å². The van der Waals surface area contributed by atoms with Crippen LogP contribution in [0.15, 0.2) is 30.3 Å². The zero-order valence-corrected chi connectivity index (χ0v) is 16.7. The van der Waals surface area contributed by atoms with E-state index in [0.717, 1.165) is 5.56 Å². The fraction of sp³-hybridized carbons (Fsp3) is 0.571. The lowest BCUT2D eigenvalue weighted by atomic mass is 9.87. The molecule has 152 valence electrons. The summed E-state index contributed by atoms with van der Waals surface area (Å²) in [6.45, 7) is 7.47. The molecule has 0 saturated carbocycles. The predicted octanol–water partition coefficient (Wildman–Crippen LogP) is 2.45. The first-order valence-corrected chi connectivity index (χ1v) is 9.60. The summed E-state index contributed by atoms with van der Waals surface area (Å²) in [5.41, 5.74) is 0.191. The molecule has 4 atom stereocenters. The minimum Gasteiger partial charge on any atom is -0.465 e. The van der Waals surface area contributed by atoms with Crippen LogP contribution in [0.3, 0.4) is 0 Å². The highest BCUT2D eigenvalue weighted by Gasteiger charge is 2.58. The first-order valence-electron chi connectivity index (χ1n) is 9.60. The van der Waals surface area contributed by atoms with Crippen LogP contribution in [0.5, 0.6) is 0 Å². The highest BCUT2D eigenvalue weighted by molar-refractivity contribution is 6.01. The van der Waals surface area contributed by atoms with Gasteiger partial charge >= 0.3 is 11.9 Å². The summed E-state index contributed by atoms with van der Waals surface area (Å²) in [6.07, 6.45) is -0.613. The molecule has 2 aliphatic heterocycles. The van der Waals surface area contributed by atoms with E-state index < -0.39 is 35.6 Å². The van der Waals surface area contributed by atoms with E-state index in [0.29, 0.717) is 0 Å². The quantitative estimate of drug-likeness (QED) is 0.568. The molecule has 28 heavy (non-hydrogen) atoms. The van der Waals surface area contributed by atoms with Crippen molar-refractivity contribution in [2.75, 3.05) is 13.2 Å². The maximum absolute atomic E-state index is 13.2. The number of fused-ring (bicyclic) bond motifs is 1. The van der Waals surface area contributed by atoms with E-state index in [4.69, 9.17) is 14.2 Å². The fourth-order valence-electron chi connectivity index (χ4n) is 3.91. The van der Waals surface area contributed by atoms with Crippen LogP contribution in [0.2, 0.25) is 0 Å². The third kappa shape index (κ3) is 4.04. The Morgan fingerprint density at radius 1 is 1.21 bits per heavy atom. The highest BCUT2D eigenvalue weighted by Crippen LogP contribution is 2.45. The SMILES string of the molecule is CCOC(=O)C1C(=O)N2[C@@H](c3ccccc3)OC[C@@H]2[C@H]1CC(=O)OC(C)(C)C. The Hall–Kier alpha value is -2.41. The highest BCUT2D eigenvalue weighted by atomic mass is 16.6. The maximum atomic E-state index is 13.2. The number of carbonyl (C=O) groups excluding carboxylic acids is 3. The van der Waals surface area contributed by atoms with Crippen LogP contribution in [0.1, 0.15) is 45.9 Å². The van der Waals surface area contributed by atoms with Gasteiger partial charge in [-0.2, -0.15) is 0 Å². The second kappa shape index (κ2) is 7.91. The van der Waals surface area contributed by atoms with E-state index in [1.165, 1.54) is 0 Å². The van der Waals surface area contributed by atoms with Crippen molar-refractivity contribution in [3.8, 4) is 0 Å². The van der Waals surface area contributed by atoms with Gasteiger partial charge in [0.1, 0.15) is 11.5 Å². The standard InChI is InChI=1S/C21H27NO6/c1-5-26-20(25)17-14(11-16(23)28-21(2,3)4)15-12-27-19(22(15)18(17)24)13-9-7-6-8-10-13/h6-10,14-15,17,19H,5,11-12H2,1-4H3/t14-,15-,17?,19-/m1/s1. The molecule has 3 rings (SSSR count). The van der Waals surface area contributed by atoms with Gasteiger partial charge in [-0.3, -0.25) is 14.4 Å². The first kappa shape index (κ1) is 20.3. The molecule has 2 saturated heterocycles. The number of rotatable bonds is 5. The molecule has 0 aliphatic carbocycles. The second-order valence-corrected chi connectivity index (χ2v) is 8.09. The predicted molar refractivity (Wildman–Crippen MR) is 99.8 cm³/mol. The summed E-state index contributed by atoms with van der Waals surface area (Å²) < 4.78 is 16.4. The normalized spacial score (nSPS) is 26.9. The molecular formula is C21H27NO6. The number of hydrogen-bond donors (Lipinski definition) is 0. The molecule has 1 amide bonds. The molecule has 7 nitrogen and oxygen atoms in total. The van der Waals surface area contributed by atoms with Crippen molar-refractivity contribution in [2.24, 2.45) is 11.8 Å². The summed E-state index contributed by atoms with van der Waals surface area (Å²) in [5.74, 6) is -2.96. The average Bonchev–Trinajstić information content (AvgIpc) is 3.15. The number of nitrogens with zero attached hydrogens (tertiary/aromatic N) is 1. The maximum Gasteiger partial charge on any atom is 0.318 e.